The molecule has 4 rings (SSSR count). The van der Waals surface area contributed by atoms with Crippen LogP contribution in [0.15, 0.2) is 24.3 Å². The summed E-state index contributed by atoms with van der Waals surface area (Å²) in [5.74, 6) is -0.123. The number of aromatic amines is 1. The summed E-state index contributed by atoms with van der Waals surface area (Å²) >= 11 is 11.6. The van der Waals surface area contributed by atoms with E-state index in [2.05, 4.69) is 24.4 Å². The van der Waals surface area contributed by atoms with Crippen molar-refractivity contribution in [1.29, 1.82) is 0 Å². The Bertz CT molecular complexity index is 1870. The number of carbonyl (C=O) groups is 1. The largest absolute Gasteiger partial charge is 1.00 e. The molecule has 4 aromatic rings. The van der Waals surface area contributed by atoms with E-state index in [0.29, 0.717) is 15.1 Å². The number of hydrogen-bond donors (Lipinski definition) is 3. The number of nitrogens with one attached hydrogen (secondary N) is 1. The number of hydrogen-bond acceptors (Lipinski definition) is 14. The van der Waals surface area contributed by atoms with Crippen molar-refractivity contribution in [3.63, 3.8) is 0 Å². The van der Waals surface area contributed by atoms with Crippen molar-refractivity contribution in [3.8, 4) is 0 Å². The van der Waals surface area contributed by atoms with E-state index in [1.165, 1.54) is 18.2 Å². The monoisotopic (exact) mass is 1010 g/mol. The second kappa shape index (κ2) is 21.8. The zero-order valence-corrected chi connectivity index (χ0v) is 39.6. The van der Waals surface area contributed by atoms with Crippen LogP contribution in [0.5, 0.6) is 0 Å². The number of nitro benzene ring substituents is 2. The molecule has 0 bridgehead atoms. The number of alkyl halides is 6. The van der Waals surface area contributed by atoms with Gasteiger partial charge in [0, 0.05) is 12.1 Å². The standard InChI is InChI=1S/C9H6ClF3N4O2.C7H5ClN4O2.C3H5F3O3S.CH2O3.2Cs.H/c10-4-1-2-5(17(18)19)7-6(4)8(14)15-16(7)3-9(11,12)13;8-3-1-2-4(12(13)14)6-5(3)7(9)11-10-6;1-2-9-10(7,8)3(4,5)6;2-1-4-3;;;/h1-2H,3H2,(H2,14,15);1-2H,(H3,9,10,11);2H2,1H3;1,3H;;;/q;;;;2*+1;-1/p-1. The van der Waals surface area contributed by atoms with E-state index in [0.717, 1.165) is 13.0 Å². The van der Waals surface area contributed by atoms with E-state index >= 15 is 0 Å². The summed E-state index contributed by atoms with van der Waals surface area (Å²) in [5.41, 5.74) is 4.94. The molecule has 2 aromatic carbocycles. The molecular weight excluding hydrogens is 995 g/mol. The molecule has 0 radical (unpaired) electrons. The van der Waals surface area contributed by atoms with Gasteiger partial charge >= 0.3 is 160 Å². The van der Waals surface area contributed by atoms with Gasteiger partial charge in [-0.1, -0.05) is 23.2 Å². The molecule has 18 nitrogen and oxygen atoms in total. The first kappa shape index (κ1) is 50.5. The van der Waals surface area contributed by atoms with E-state index in [4.69, 9.17) is 44.7 Å². The van der Waals surface area contributed by atoms with Crippen molar-refractivity contribution in [2.24, 2.45) is 0 Å². The molecule has 0 unspecified atom stereocenters. The molecule has 0 amide bonds. The van der Waals surface area contributed by atoms with E-state index < -0.39 is 50.5 Å². The molecule has 0 aliphatic heterocycles. The number of benzene rings is 2. The molecule has 2 heterocycles. The van der Waals surface area contributed by atoms with Gasteiger partial charge in [-0.05, 0) is 19.1 Å². The zero-order chi connectivity index (χ0) is 36.5. The Morgan fingerprint density at radius 1 is 0.980 bits per heavy atom. The number of rotatable bonds is 6. The van der Waals surface area contributed by atoms with Crippen LogP contribution < -0.4 is 155 Å². The Morgan fingerprint density at radius 2 is 1.45 bits per heavy atom. The molecule has 0 atom stereocenters. The molecule has 29 heteroatoms. The van der Waals surface area contributed by atoms with Crippen LogP contribution in [0.1, 0.15) is 8.35 Å². The molecule has 0 aliphatic carbocycles. The predicted molar refractivity (Wildman–Crippen MR) is 149 cm³/mol. The Hall–Kier alpha value is -0.616. The third kappa shape index (κ3) is 14.7. The summed E-state index contributed by atoms with van der Waals surface area (Å²) in [6, 6.07) is 4.94. The number of halogens is 8. The predicted octanol–water partition coefficient (Wildman–Crippen LogP) is -2.12. The maximum atomic E-state index is 12.4. The van der Waals surface area contributed by atoms with Gasteiger partial charge in [-0.3, -0.25) is 34.3 Å². The van der Waals surface area contributed by atoms with Crippen molar-refractivity contribution in [3.05, 3.63) is 54.5 Å². The second-order valence-corrected chi connectivity index (χ2v) is 10.3. The van der Waals surface area contributed by atoms with E-state index in [1.807, 2.05) is 0 Å². The Morgan fingerprint density at radius 3 is 1.84 bits per heavy atom. The number of nitrogens with zero attached hydrogens (tertiary/aromatic N) is 5. The van der Waals surface area contributed by atoms with Crippen LogP contribution in [0.4, 0.5) is 49.4 Å². The first-order valence-corrected chi connectivity index (χ1v) is 13.6. The van der Waals surface area contributed by atoms with Crippen LogP contribution in [0.3, 0.4) is 0 Å². The fourth-order valence-electron chi connectivity index (χ4n) is 3.20. The van der Waals surface area contributed by atoms with Gasteiger partial charge in [0.1, 0.15) is 17.6 Å². The molecule has 49 heavy (non-hydrogen) atoms. The molecule has 0 fully saturated rings. The van der Waals surface area contributed by atoms with Crippen LogP contribution in [0.2, 0.25) is 10.0 Å². The van der Waals surface area contributed by atoms with E-state index in [1.54, 1.807) is 0 Å². The third-order valence-electron chi connectivity index (χ3n) is 4.84. The normalized spacial score (nSPS) is 10.9. The first-order chi connectivity index (χ1) is 21.5. The van der Waals surface area contributed by atoms with Gasteiger partial charge in [-0.25, -0.2) is 4.68 Å². The van der Waals surface area contributed by atoms with Crippen molar-refractivity contribution in [2.45, 2.75) is 25.2 Å². The number of carbonyl (C=O) groups excluding carboxylic acids is 1. The number of nitro groups is 2. The molecule has 0 spiro atoms. The number of H-pyrrole nitrogens is 1. The van der Waals surface area contributed by atoms with Gasteiger partial charge in [-0.15, -0.1) is 0 Å². The van der Waals surface area contributed by atoms with Crippen molar-refractivity contribution < 1.29 is 203 Å². The van der Waals surface area contributed by atoms with Gasteiger partial charge in [0.05, 0.1) is 37.3 Å². The summed E-state index contributed by atoms with van der Waals surface area (Å²) in [6.45, 7) is -1.02. The Balaban J connectivity index is -0.000000635. The van der Waals surface area contributed by atoms with Gasteiger partial charge in [0.2, 0.25) is 0 Å². The molecule has 0 saturated carbocycles. The minimum Gasteiger partial charge on any atom is -1.00 e. The first-order valence-electron chi connectivity index (χ1n) is 11.4. The van der Waals surface area contributed by atoms with E-state index in [9.17, 15) is 55.0 Å². The molecular formula is C20H18Cl2Cs2F6N8O10S. The second-order valence-electron chi connectivity index (χ2n) is 7.89. The molecule has 0 saturated heterocycles. The third-order valence-corrected chi connectivity index (χ3v) is 6.59. The maximum Gasteiger partial charge on any atom is 1.00 e. The smallest absolute Gasteiger partial charge is 1.00 e. The zero-order valence-electron chi connectivity index (χ0n) is 25.7. The summed E-state index contributed by atoms with van der Waals surface area (Å²) < 4.78 is 94.8. The summed E-state index contributed by atoms with van der Waals surface area (Å²) in [4.78, 5) is 31.4. The van der Waals surface area contributed by atoms with Crippen LogP contribution in [0, 0.1) is 20.2 Å². The number of aromatic nitrogens is 4. The average Bonchev–Trinajstić information content (AvgIpc) is 3.48. The number of non-ortho nitro benzene ring substituents is 2. The van der Waals surface area contributed by atoms with Gasteiger partial charge < -0.3 is 23.0 Å². The number of nitrogen functional groups attached to an aromatic ring is 2. The Kier molecular flexibility index (Phi) is 22.5. The minimum absolute atomic E-state index is 0. The van der Waals surface area contributed by atoms with Crippen LogP contribution >= 0.6 is 23.2 Å². The topological polar surface area (TPSA) is 278 Å². The number of nitrogens with two attached hydrogens (primary N) is 2. The number of anilines is 2. The summed E-state index contributed by atoms with van der Waals surface area (Å²) in [5, 5.41) is 40.2. The quantitative estimate of drug-likeness (QED) is 0.0355. The number of fused-ring (bicyclic) bond motifs is 2. The molecule has 0 aliphatic rings. The van der Waals surface area contributed by atoms with Crippen molar-refractivity contribution in [1.82, 2.24) is 20.0 Å². The Labute approximate surface area is 398 Å². The van der Waals surface area contributed by atoms with Gasteiger partial charge in [0.25, 0.3) is 17.8 Å². The molecule has 2 aromatic heterocycles. The van der Waals surface area contributed by atoms with Crippen molar-refractivity contribution in [2.75, 3.05) is 18.1 Å². The SMILES string of the molecule is CCOS(=O)(=O)C(F)(F)F.Nc1n[nH]c2c([N+](=O)[O-])ccc(Cl)c12.Nc1nn(CC(F)(F)F)c2c([N+](=O)[O-])ccc(Cl)c12.O=CO[O-].[Cs+].[Cs+].[H-]. The average molecular weight is 1010 g/mol. The minimum atomic E-state index is -5.35. The van der Waals surface area contributed by atoms with Crippen LogP contribution in [-0.4, -0.2) is 63.0 Å². The fraction of sp³-hybridized carbons (Fsp3) is 0.250. The molecule has 262 valence electrons. The van der Waals surface area contributed by atoms with Crippen LogP contribution in [0.25, 0.3) is 21.8 Å². The van der Waals surface area contributed by atoms with Gasteiger partial charge in [0.15, 0.2) is 11.6 Å². The van der Waals surface area contributed by atoms with Crippen molar-refractivity contribution >= 4 is 84.6 Å². The van der Waals surface area contributed by atoms with Crippen LogP contribution in [-0.2, 0) is 30.5 Å². The summed E-state index contributed by atoms with van der Waals surface area (Å²) in [7, 11) is -5.35. The van der Waals surface area contributed by atoms with E-state index in [-0.39, 0.29) is 184 Å². The molecule has 5 N–H and O–H groups in total. The van der Waals surface area contributed by atoms with Gasteiger partial charge in [-0.2, -0.15) is 45.0 Å². The maximum absolute atomic E-state index is 12.4. The fourth-order valence-corrected chi connectivity index (χ4v) is 4.15. The summed E-state index contributed by atoms with van der Waals surface area (Å²) in [6.07, 6.45) is -4.58.